The number of aromatic nitrogens is 1. The number of rotatable bonds is 10. The molecular weight excluding hydrogens is 530 g/mol. The van der Waals surface area contributed by atoms with Crippen molar-refractivity contribution in [3.8, 4) is 5.75 Å². The highest BCUT2D eigenvalue weighted by Crippen LogP contribution is 2.34. The van der Waals surface area contributed by atoms with Gasteiger partial charge in [0.25, 0.3) is 11.1 Å². The number of aliphatic hydroxyl groups is 1. The third kappa shape index (κ3) is 7.02. The monoisotopic (exact) mass is 553 g/mol. The van der Waals surface area contributed by atoms with Crippen LogP contribution in [0.4, 0.5) is 4.79 Å². The van der Waals surface area contributed by atoms with Crippen LogP contribution in [0, 0.1) is 0 Å². The lowest BCUT2D eigenvalue weighted by Crippen LogP contribution is -2.31. The summed E-state index contributed by atoms with van der Waals surface area (Å²) in [7, 11) is 0. The fourth-order valence-electron chi connectivity index (χ4n) is 3.38. The van der Waals surface area contributed by atoms with Crippen molar-refractivity contribution in [1.29, 1.82) is 0 Å². The number of carbonyl (C=O) groups is 2. The van der Waals surface area contributed by atoms with Crippen LogP contribution in [0.1, 0.15) is 16.7 Å². The SMILES string of the molecule is O=C1S/C(=C\c2ccc(OCC(O)CNCc3cccnc3)cc2)C(=O)N1Cc1ccccc1Br. The number of thioether (sulfide) groups is 1. The molecule has 1 aliphatic heterocycles. The summed E-state index contributed by atoms with van der Waals surface area (Å²) < 4.78 is 6.52. The van der Waals surface area contributed by atoms with Gasteiger partial charge in [0.05, 0.1) is 11.4 Å². The zero-order valence-electron chi connectivity index (χ0n) is 18.8. The molecule has 9 heteroatoms. The zero-order chi connectivity index (χ0) is 24.6. The third-order valence-electron chi connectivity index (χ3n) is 5.21. The Morgan fingerprint density at radius 3 is 2.66 bits per heavy atom. The van der Waals surface area contributed by atoms with Gasteiger partial charge in [0.15, 0.2) is 0 Å². The van der Waals surface area contributed by atoms with Crippen LogP contribution in [-0.2, 0) is 17.9 Å². The highest BCUT2D eigenvalue weighted by molar-refractivity contribution is 9.10. The van der Waals surface area contributed by atoms with Crippen LogP contribution in [0.5, 0.6) is 5.75 Å². The molecule has 180 valence electrons. The maximum absolute atomic E-state index is 12.8. The lowest BCUT2D eigenvalue weighted by molar-refractivity contribution is -0.123. The highest BCUT2D eigenvalue weighted by atomic mass is 79.9. The Morgan fingerprint density at radius 2 is 1.91 bits per heavy atom. The van der Waals surface area contributed by atoms with Gasteiger partial charge in [-0.1, -0.05) is 52.3 Å². The van der Waals surface area contributed by atoms with Gasteiger partial charge < -0.3 is 15.2 Å². The molecule has 1 unspecified atom stereocenters. The Labute approximate surface area is 216 Å². The second-order valence-electron chi connectivity index (χ2n) is 7.89. The molecule has 35 heavy (non-hydrogen) atoms. The van der Waals surface area contributed by atoms with Crippen molar-refractivity contribution in [2.45, 2.75) is 19.2 Å². The van der Waals surface area contributed by atoms with E-state index in [1.807, 2.05) is 48.5 Å². The number of hydrogen-bond donors (Lipinski definition) is 2. The maximum atomic E-state index is 12.8. The lowest BCUT2D eigenvalue weighted by Gasteiger charge is -2.13. The first kappa shape index (κ1) is 25.1. The van der Waals surface area contributed by atoms with Crippen LogP contribution in [0.2, 0.25) is 0 Å². The van der Waals surface area contributed by atoms with Gasteiger partial charge in [0.1, 0.15) is 18.5 Å². The average molecular weight is 554 g/mol. The first-order chi connectivity index (χ1) is 17.0. The molecule has 2 aromatic carbocycles. The number of hydrogen-bond acceptors (Lipinski definition) is 7. The Kier molecular flexibility index (Phi) is 8.70. The Morgan fingerprint density at radius 1 is 1.11 bits per heavy atom. The normalized spacial score (nSPS) is 15.6. The average Bonchev–Trinajstić information content (AvgIpc) is 3.13. The van der Waals surface area contributed by atoms with E-state index in [-0.39, 0.29) is 24.3 Å². The molecular formula is C26H24BrN3O4S. The van der Waals surface area contributed by atoms with E-state index in [4.69, 9.17) is 4.74 Å². The summed E-state index contributed by atoms with van der Waals surface area (Å²) in [6.45, 7) is 1.37. The molecule has 1 saturated heterocycles. The predicted molar refractivity (Wildman–Crippen MR) is 140 cm³/mol. The van der Waals surface area contributed by atoms with E-state index in [1.54, 1.807) is 30.6 Å². The Bertz CT molecular complexity index is 1200. The Hall–Kier alpha value is -2.98. The number of ether oxygens (including phenoxy) is 1. The fraction of sp³-hybridized carbons (Fsp3) is 0.192. The summed E-state index contributed by atoms with van der Waals surface area (Å²) in [6.07, 6.45) is 4.53. The molecule has 1 fully saturated rings. The number of amides is 2. The minimum atomic E-state index is -0.664. The molecule has 0 spiro atoms. The van der Waals surface area contributed by atoms with Crippen LogP contribution < -0.4 is 10.1 Å². The van der Waals surface area contributed by atoms with Crippen molar-refractivity contribution in [3.05, 3.63) is 99.1 Å². The minimum Gasteiger partial charge on any atom is -0.491 e. The number of carbonyl (C=O) groups excluding carboxylic acids is 2. The van der Waals surface area contributed by atoms with E-state index in [1.165, 1.54) is 4.90 Å². The first-order valence-corrected chi connectivity index (χ1v) is 12.6. The number of nitrogens with one attached hydrogen (secondary N) is 1. The molecule has 2 heterocycles. The number of halogens is 1. The lowest BCUT2D eigenvalue weighted by atomic mass is 10.2. The molecule has 2 N–H and O–H groups in total. The van der Waals surface area contributed by atoms with Crippen LogP contribution in [0.25, 0.3) is 6.08 Å². The standard InChI is InChI=1S/C26H24BrN3O4S/c27-23-6-2-1-5-20(23)16-30-25(32)24(35-26(30)33)12-18-7-9-22(10-8-18)34-17-21(31)15-29-14-19-4-3-11-28-13-19/h1-13,21,29,31H,14-17H2/b24-12-. The van der Waals surface area contributed by atoms with Crippen molar-refractivity contribution in [2.75, 3.05) is 13.2 Å². The number of nitrogens with zero attached hydrogens (tertiary/aromatic N) is 2. The molecule has 0 aliphatic carbocycles. The van der Waals surface area contributed by atoms with Crippen LogP contribution in [-0.4, -0.2) is 45.4 Å². The summed E-state index contributed by atoms with van der Waals surface area (Å²) in [5.41, 5.74) is 2.69. The number of aliphatic hydroxyl groups excluding tert-OH is 1. The van der Waals surface area contributed by atoms with Crippen molar-refractivity contribution in [3.63, 3.8) is 0 Å². The van der Waals surface area contributed by atoms with Gasteiger partial charge in [-0.15, -0.1) is 0 Å². The maximum Gasteiger partial charge on any atom is 0.293 e. The van der Waals surface area contributed by atoms with E-state index >= 15 is 0 Å². The zero-order valence-corrected chi connectivity index (χ0v) is 21.2. The summed E-state index contributed by atoms with van der Waals surface area (Å²) >= 11 is 4.39. The quantitative estimate of drug-likeness (QED) is 0.354. The van der Waals surface area contributed by atoms with Crippen LogP contribution >= 0.6 is 27.7 Å². The molecule has 3 aromatic rings. The topological polar surface area (TPSA) is 91.8 Å². The second-order valence-corrected chi connectivity index (χ2v) is 9.73. The van der Waals surface area contributed by atoms with Gasteiger partial charge in [-0.3, -0.25) is 19.5 Å². The molecule has 4 rings (SSSR count). The van der Waals surface area contributed by atoms with E-state index in [2.05, 4.69) is 26.2 Å². The van der Waals surface area contributed by atoms with E-state index < -0.39 is 6.10 Å². The number of benzene rings is 2. The van der Waals surface area contributed by atoms with E-state index in [9.17, 15) is 14.7 Å². The summed E-state index contributed by atoms with van der Waals surface area (Å²) in [4.78, 5) is 30.9. The van der Waals surface area contributed by atoms with E-state index in [0.717, 1.165) is 32.9 Å². The van der Waals surface area contributed by atoms with Gasteiger partial charge in [0.2, 0.25) is 0 Å². The number of imide groups is 1. The van der Waals surface area contributed by atoms with Crippen molar-refractivity contribution < 1.29 is 19.4 Å². The fourth-order valence-corrected chi connectivity index (χ4v) is 4.63. The van der Waals surface area contributed by atoms with Gasteiger partial charge in [-0.05, 0) is 58.8 Å². The number of pyridine rings is 1. The molecule has 0 radical (unpaired) electrons. The largest absolute Gasteiger partial charge is 0.491 e. The molecule has 1 aromatic heterocycles. The third-order valence-corrected chi connectivity index (χ3v) is 6.89. The predicted octanol–water partition coefficient (Wildman–Crippen LogP) is 4.61. The highest BCUT2D eigenvalue weighted by Gasteiger charge is 2.35. The molecule has 0 saturated carbocycles. The van der Waals surface area contributed by atoms with Crippen molar-refractivity contribution in [2.24, 2.45) is 0 Å². The molecule has 1 atom stereocenters. The minimum absolute atomic E-state index is 0.146. The summed E-state index contributed by atoms with van der Waals surface area (Å²) in [5, 5.41) is 13.0. The molecule has 2 amide bonds. The van der Waals surface area contributed by atoms with E-state index in [0.29, 0.717) is 23.7 Å². The van der Waals surface area contributed by atoms with Gasteiger partial charge in [0, 0.05) is 30.0 Å². The summed E-state index contributed by atoms with van der Waals surface area (Å²) in [5.74, 6) is 0.300. The van der Waals surface area contributed by atoms with Crippen molar-refractivity contribution >= 4 is 44.9 Å². The second kappa shape index (κ2) is 12.1. The smallest absolute Gasteiger partial charge is 0.293 e. The van der Waals surface area contributed by atoms with Crippen LogP contribution in [0.3, 0.4) is 0 Å². The van der Waals surface area contributed by atoms with Gasteiger partial charge in [-0.2, -0.15) is 0 Å². The van der Waals surface area contributed by atoms with Gasteiger partial charge in [-0.25, -0.2) is 0 Å². The van der Waals surface area contributed by atoms with Gasteiger partial charge >= 0.3 is 0 Å². The molecule has 0 bridgehead atoms. The van der Waals surface area contributed by atoms with Crippen LogP contribution in [0.15, 0.2) is 82.4 Å². The molecule has 7 nitrogen and oxygen atoms in total. The summed E-state index contributed by atoms with van der Waals surface area (Å²) in [6, 6.07) is 18.5. The van der Waals surface area contributed by atoms with Crippen molar-refractivity contribution in [1.82, 2.24) is 15.2 Å². The Balaban J connectivity index is 1.27. The first-order valence-electron chi connectivity index (χ1n) is 11.0. The molecule has 1 aliphatic rings.